The molecule has 1 heterocycles. The lowest BCUT2D eigenvalue weighted by Crippen LogP contribution is -2.21. The maximum absolute atomic E-state index is 6.20. The molecule has 0 fully saturated rings. The number of hydrogen-bond donors (Lipinski definition) is 1. The minimum atomic E-state index is 0.0295. The predicted molar refractivity (Wildman–Crippen MR) is 78.0 cm³/mol. The number of nitrogens with zero attached hydrogens (tertiary/aromatic N) is 2. The maximum atomic E-state index is 6.20. The number of nitrogens with one attached hydrogen (secondary N) is 1. The highest BCUT2D eigenvalue weighted by Gasteiger charge is 2.19. The number of aryl methyl sites for hydroxylation is 2. The molecule has 5 heteroatoms. The molecule has 1 unspecified atom stereocenters. The summed E-state index contributed by atoms with van der Waals surface area (Å²) >= 11 is 9.77. The second-order valence-corrected chi connectivity index (χ2v) is 5.49. The largest absolute Gasteiger partial charge is 0.308 e. The Labute approximate surface area is 120 Å². The topological polar surface area (TPSA) is 29.9 Å². The Balaban J connectivity index is 2.48. The minimum absolute atomic E-state index is 0.0295. The van der Waals surface area contributed by atoms with Crippen LogP contribution in [0.2, 0.25) is 5.02 Å². The predicted octanol–water partition coefficient (Wildman–Crippen LogP) is 3.45. The molecule has 1 aromatic heterocycles. The molecule has 96 valence electrons. The highest BCUT2D eigenvalue weighted by molar-refractivity contribution is 9.10. The van der Waals surface area contributed by atoms with Gasteiger partial charge in [-0.25, -0.2) is 0 Å². The molecule has 1 aromatic carbocycles. The Bertz CT molecular complexity index is 546. The summed E-state index contributed by atoms with van der Waals surface area (Å²) in [6.45, 7) is 2.07. The summed E-state index contributed by atoms with van der Waals surface area (Å²) in [5.41, 5.74) is 3.33. The summed E-state index contributed by atoms with van der Waals surface area (Å²) in [5, 5.41) is 8.14. The molecule has 2 aromatic rings. The van der Waals surface area contributed by atoms with E-state index in [2.05, 4.69) is 51.5 Å². The molecular formula is C13H15BrClN3. The maximum Gasteiger partial charge on any atom is 0.0837 e. The van der Waals surface area contributed by atoms with Gasteiger partial charge in [0.15, 0.2) is 0 Å². The number of aromatic nitrogens is 2. The fourth-order valence-corrected chi connectivity index (χ4v) is 2.67. The molecule has 1 atom stereocenters. The molecule has 3 nitrogen and oxygen atoms in total. The van der Waals surface area contributed by atoms with E-state index in [4.69, 9.17) is 11.6 Å². The third kappa shape index (κ3) is 2.46. The molecule has 0 amide bonds. The standard InChI is InChI=1S/C13H15BrClN3/c1-8-4-5-9(6-10(8)14)12(16-2)13-11(15)7-17-18(13)3/h4-7,12,16H,1-3H3. The molecule has 0 radical (unpaired) electrons. The molecule has 2 rings (SSSR count). The van der Waals surface area contributed by atoms with Crippen LogP contribution in [0.4, 0.5) is 0 Å². The first-order chi connectivity index (χ1) is 8.54. The molecular weight excluding hydrogens is 314 g/mol. The molecule has 0 aliphatic carbocycles. The fraction of sp³-hybridized carbons (Fsp3) is 0.308. The van der Waals surface area contributed by atoms with Crippen molar-refractivity contribution in [1.82, 2.24) is 15.1 Å². The van der Waals surface area contributed by atoms with E-state index in [0.717, 1.165) is 15.7 Å². The van der Waals surface area contributed by atoms with Gasteiger partial charge in [-0.3, -0.25) is 4.68 Å². The van der Waals surface area contributed by atoms with Gasteiger partial charge >= 0.3 is 0 Å². The van der Waals surface area contributed by atoms with Crippen molar-refractivity contribution >= 4 is 27.5 Å². The summed E-state index contributed by atoms with van der Waals surface area (Å²) in [6, 6.07) is 6.33. The summed E-state index contributed by atoms with van der Waals surface area (Å²) < 4.78 is 2.90. The second-order valence-electron chi connectivity index (χ2n) is 4.23. The molecule has 18 heavy (non-hydrogen) atoms. The van der Waals surface area contributed by atoms with Crippen LogP contribution in [0.3, 0.4) is 0 Å². The number of benzene rings is 1. The number of rotatable bonds is 3. The van der Waals surface area contributed by atoms with Crippen LogP contribution in [0.25, 0.3) is 0 Å². The van der Waals surface area contributed by atoms with Gasteiger partial charge < -0.3 is 5.32 Å². The van der Waals surface area contributed by atoms with Crippen molar-refractivity contribution in [3.63, 3.8) is 0 Å². The Hall–Kier alpha value is -0.840. The van der Waals surface area contributed by atoms with Crippen LogP contribution < -0.4 is 5.32 Å². The molecule has 1 N–H and O–H groups in total. The first-order valence-electron chi connectivity index (χ1n) is 5.65. The van der Waals surface area contributed by atoms with E-state index in [1.165, 1.54) is 5.56 Å². The Morgan fingerprint density at radius 2 is 2.17 bits per heavy atom. The average Bonchev–Trinajstić information content (AvgIpc) is 2.66. The zero-order valence-electron chi connectivity index (χ0n) is 10.5. The lowest BCUT2D eigenvalue weighted by molar-refractivity contribution is 0.606. The average molecular weight is 329 g/mol. The van der Waals surface area contributed by atoms with Crippen molar-refractivity contribution in [2.24, 2.45) is 7.05 Å². The van der Waals surface area contributed by atoms with Crippen LogP contribution in [0, 0.1) is 6.92 Å². The van der Waals surface area contributed by atoms with E-state index in [1.807, 2.05) is 14.1 Å². The number of halogens is 2. The lowest BCUT2D eigenvalue weighted by Gasteiger charge is -2.18. The Morgan fingerprint density at radius 1 is 1.44 bits per heavy atom. The van der Waals surface area contributed by atoms with Gasteiger partial charge in [0.2, 0.25) is 0 Å². The van der Waals surface area contributed by atoms with Gasteiger partial charge in [-0.05, 0) is 31.2 Å². The van der Waals surface area contributed by atoms with Crippen LogP contribution in [-0.2, 0) is 7.05 Å². The van der Waals surface area contributed by atoms with Crippen molar-refractivity contribution in [2.45, 2.75) is 13.0 Å². The van der Waals surface area contributed by atoms with Crippen molar-refractivity contribution in [3.05, 3.63) is 50.7 Å². The van der Waals surface area contributed by atoms with Crippen LogP contribution >= 0.6 is 27.5 Å². The molecule has 0 saturated carbocycles. The summed E-state index contributed by atoms with van der Waals surface area (Å²) in [7, 11) is 3.82. The van der Waals surface area contributed by atoms with Crippen molar-refractivity contribution in [3.8, 4) is 0 Å². The van der Waals surface area contributed by atoms with Gasteiger partial charge in [0, 0.05) is 11.5 Å². The van der Waals surface area contributed by atoms with Gasteiger partial charge in [-0.1, -0.05) is 39.7 Å². The zero-order chi connectivity index (χ0) is 13.3. The highest BCUT2D eigenvalue weighted by Crippen LogP contribution is 2.29. The van der Waals surface area contributed by atoms with Crippen LogP contribution in [0.15, 0.2) is 28.9 Å². The lowest BCUT2D eigenvalue weighted by atomic mass is 10.0. The first kappa shape index (κ1) is 13.6. The molecule has 0 spiro atoms. The zero-order valence-corrected chi connectivity index (χ0v) is 12.9. The van der Waals surface area contributed by atoms with E-state index in [1.54, 1.807) is 10.9 Å². The van der Waals surface area contributed by atoms with E-state index in [-0.39, 0.29) is 6.04 Å². The van der Waals surface area contributed by atoms with Crippen LogP contribution in [-0.4, -0.2) is 16.8 Å². The first-order valence-corrected chi connectivity index (χ1v) is 6.82. The van der Waals surface area contributed by atoms with E-state index >= 15 is 0 Å². The van der Waals surface area contributed by atoms with Gasteiger partial charge in [-0.15, -0.1) is 0 Å². The van der Waals surface area contributed by atoms with Crippen LogP contribution in [0.1, 0.15) is 22.9 Å². The highest BCUT2D eigenvalue weighted by atomic mass is 79.9. The van der Waals surface area contributed by atoms with E-state index in [0.29, 0.717) is 5.02 Å². The fourth-order valence-electron chi connectivity index (χ4n) is 1.99. The smallest absolute Gasteiger partial charge is 0.0837 e. The van der Waals surface area contributed by atoms with Crippen LogP contribution in [0.5, 0.6) is 0 Å². The quantitative estimate of drug-likeness (QED) is 0.935. The van der Waals surface area contributed by atoms with Gasteiger partial charge in [0.25, 0.3) is 0 Å². The summed E-state index contributed by atoms with van der Waals surface area (Å²) in [6.07, 6.45) is 1.67. The summed E-state index contributed by atoms with van der Waals surface area (Å²) in [5.74, 6) is 0. The molecule has 0 aliphatic heterocycles. The Morgan fingerprint density at radius 3 is 2.67 bits per heavy atom. The third-order valence-electron chi connectivity index (χ3n) is 3.03. The second kappa shape index (κ2) is 5.43. The SMILES string of the molecule is CNC(c1ccc(C)c(Br)c1)c1c(Cl)cnn1C. The van der Waals surface area contributed by atoms with E-state index in [9.17, 15) is 0 Å². The molecule has 0 bridgehead atoms. The van der Waals surface area contributed by atoms with Gasteiger partial charge in [-0.2, -0.15) is 5.10 Å². The number of hydrogen-bond acceptors (Lipinski definition) is 2. The summed E-state index contributed by atoms with van der Waals surface area (Å²) in [4.78, 5) is 0. The van der Waals surface area contributed by atoms with Crippen molar-refractivity contribution < 1.29 is 0 Å². The van der Waals surface area contributed by atoms with Gasteiger partial charge in [0.1, 0.15) is 0 Å². The molecule has 0 aliphatic rings. The van der Waals surface area contributed by atoms with Crippen molar-refractivity contribution in [2.75, 3.05) is 7.05 Å². The minimum Gasteiger partial charge on any atom is -0.308 e. The normalized spacial score (nSPS) is 12.7. The third-order valence-corrected chi connectivity index (χ3v) is 4.17. The Kier molecular flexibility index (Phi) is 4.10. The van der Waals surface area contributed by atoms with Crippen molar-refractivity contribution in [1.29, 1.82) is 0 Å². The molecule has 0 saturated heterocycles. The van der Waals surface area contributed by atoms with E-state index < -0.39 is 0 Å². The monoisotopic (exact) mass is 327 g/mol. The van der Waals surface area contributed by atoms with Gasteiger partial charge in [0.05, 0.1) is 23.0 Å².